The van der Waals surface area contributed by atoms with Crippen LogP contribution in [0.15, 0.2) is 42.5 Å². The Labute approximate surface area is 164 Å². The molecule has 1 saturated heterocycles. The van der Waals surface area contributed by atoms with E-state index in [0.717, 1.165) is 17.0 Å². The summed E-state index contributed by atoms with van der Waals surface area (Å²) in [6.07, 6.45) is 0.249. The van der Waals surface area contributed by atoms with Gasteiger partial charge in [0.05, 0.1) is 22.0 Å². The summed E-state index contributed by atoms with van der Waals surface area (Å²) in [5.74, 6) is -2.70. The van der Waals surface area contributed by atoms with E-state index in [1.54, 1.807) is 0 Å². The van der Waals surface area contributed by atoms with Crippen LogP contribution in [0.3, 0.4) is 0 Å². The van der Waals surface area contributed by atoms with E-state index >= 15 is 0 Å². The molecule has 144 valence electrons. The Bertz CT molecular complexity index is 963. The minimum atomic E-state index is -0.804. The number of amides is 3. The number of imide groups is 1. The van der Waals surface area contributed by atoms with Crippen molar-refractivity contribution in [1.29, 1.82) is 0 Å². The molecule has 2 aromatic carbocycles. The molecule has 1 aliphatic heterocycles. The Hall–Kier alpha value is -3.26. The predicted molar refractivity (Wildman–Crippen MR) is 98.5 cm³/mol. The Kier molecular flexibility index (Phi) is 5.70. The first-order valence-electron chi connectivity index (χ1n) is 8.23. The fourth-order valence-corrected chi connectivity index (χ4v) is 2.84. The number of benzene rings is 2. The van der Waals surface area contributed by atoms with Gasteiger partial charge in [0.1, 0.15) is 5.82 Å². The third kappa shape index (κ3) is 4.34. The van der Waals surface area contributed by atoms with Crippen LogP contribution in [0.25, 0.3) is 0 Å². The SMILES string of the molecule is O=C(COC(=O)c1cccc(N2C(=O)CCC2=O)c1)Nc1ccc(F)cc1Cl. The minimum absolute atomic E-state index is 0.00678. The average Bonchev–Trinajstić information content (AvgIpc) is 3.00. The molecule has 0 aliphatic carbocycles. The number of esters is 1. The van der Waals surface area contributed by atoms with Gasteiger partial charge < -0.3 is 10.1 Å². The number of carbonyl (C=O) groups is 4. The summed E-state index contributed by atoms with van der Waals surface area (Å²) in [6, 6.07) is 9.26. The van der Waals surface area contributed by atoms with Crippen LogP contribution in [-0.2, 0) is 19.1 Å². The number of hydrogen-bond acceptors (Lipinski definition) is 5. The van der Waals surface area contributed by atoms with Crippen molar-refractivity contribution in [2.75, 3.05) is 16.8 Å². The van der Waals surface area contributed by atoms with E-state index in [9.17, 15) is 23.6 Å². The predicted octanol–water partition coefficient (Wildman–Crippen LogP) is 2.93. The minimum Gasteiger partial charge on any atom is -0.452 e. The molecule has 0 spiro atoms. The van der Waals surface area contributed by atoms with Crippen LogP contribution in [0.4, 0.5) is 15.8 Å². The summed E-state index contributed by atoms with van der Waals surface area (Å²) < 4.78 is 17.9. The van der Waals surface area contributed by atoms with E-state index < -0.39 is 24.3 Å². The summed E-state index contributed by atoms with van der Waals surface area (Å²) in [5.41, 5.74) is 0.527. The smallest absolute Gasteiger partial charge is 0.338 e. The summed E-state index contributed by atoms with van der Waals surface area (Å²) in [7, 11) is 0. The van der Waals surface area contributed by atoms with Gasteiger partial charge in [-0.3, -0.25) is 19.3 Å². The molecule has 1 heterocycles. The van der Waals surface area contributed by atoms with Gasteiger partial charge in [0, 0.05) is 12.8 Å². The van der Waals surface area contributed by atoms with Crippen molar-refractivity contribution in [2.24, 2.45) is 0 Å². The van der Waals surface area contributed by atoms with Gasteiger partial charge in [0.25, 0.3) is 5.91 Å². The topological polar surface area (TPSA) is 92.8 Å². The van der Waals surface area contributed by atoms with Gasteiger partial charge in [-0.25, -0.2) is 9.18 Å². The second kappa shape index (κ2) is 8.18. The summed E-state index contributed by atoms with van der Waals surface area (Å²) in [6.45, 7) is -0.599. The third-order valence-electron chi connectivity index (χ3n) is 3.93. The molecule has 0 aromatic heterocycles. The number of carbonyl (C=O) groups excluding carboxylic acids is 4. The maximum Gasteiger partial charge on any atom is 0.338 e. The first-order valence-corrected chi connectivity index (χ1v) is 8.61. The maximum atomic E-state index is 13.0. The highest BCUT2D eigenvalue weighted by molar-refractivity contribution is 6.33. The zero-order chi connectivity index (χ0) is 20.3. The number of nitrogens with one attached hydrogen (secondary N) is 1. The second-order valence-electron chi connectivity index (χ2n) is 5.92. The molecule has 2 aromatic rings. The Morgan fingerprint density at radius 2 is 1.82 bits per heavy atom. The molecule has 3 rings (SSSR count). The Morgan fingerprint density at radius 3 is 2.50 bits per heavy atom. The van der Waals surface area contributed by atoms with Gasteiger partial charge in [-0.1, -0.05) is 17.7 Å². The lowest BCUT2D eigenvalue weighted by molar-refractivity contribution is -0.121. The largest absolute Gasteiger partial charge is 0.452 e. The van der Waals surface area contributed by atoms with E-state index in [-0.39, 0.29) is 46.6 Å². The highest BCUT2D eigenvalue weighted by atomic mass is 35.5. The number of hydrogen-bond donors (Lipinski definition) is 1. The lowest BCUT2D eigenvalue weighted by Crippen LogP contribution is -2.28. The number of nitrogens with zero attached hydrogens (tertiary/aromatic N) is 1. The molecule has 9 heteroatoms. The molecule has 3 amide bonds. The molecule has 0 radical (unpaired) electrons. The van der Waals surface area contributed by atoms with E-state index in [2.05, 4.69) is 5.32 Å². The van der Waals surface area contributed by atoms with Crippen LogP contribution in [-0.4, -0.2) is 30.3 Å². The van der Waals surface area contributed by atoms with Gasteiger partial charge in [0.2, 0.25) is 11.8 Å². The van der Waals surface area contributed by atoms with Crippen LogP contribution in [0.5, 0.6) is 0 Å². The molecule has 0 unspecified atom stereocenters. The van der Waals surface area contributed by atoms with Gasteiger partial charge >= 0.3 is 5.97 Å². The molecule has 1 aliphatic rings. The van der Waals surface area contributed by atoms with Crippen LogP contribution in [0, 0.1) is 5.82 Å². The lowest BCUT2D eigenvalue weighted by Gasteiger charge is -2.14. The van der Waals surface area contributed by atoms with Gasteiger partial charge in [-0.05, 0) is 36.4 Å². The van der Waals surface area contributed by atoms with Crippen LogP contribution in [0.1, 0.15) is 23.2 Å². The van der Waals surface area contributed by atoms with E-state index in [0.29, 0.717) is 0 Å². The van der Waals surface area contributed by atoms with Crippen molar-refractivity contribution in [3.05, 3.63) is 58.9 Å². The van der Waals surface area contributed by atoms with Crippen molar-refractivity contribution in [2.45, 2.75) is 12.8 Å². The van der Waals surface area contributed by atoms with Crippen molar-refractivity contribution >= 4 is 46.7 Å². The summed E-state index contributed by atoms with van der Waals surface area (Å²) in [4.78, 5) is 48.7. The number of anilines is 2. The van der Waals surface area contributed by atoms with Gasteiger partial charge in [-0.2, -0.15) is 0 Å². The number of ether oxygens (including phenoxy) is 1. The van der Waals surface area contributed by atoms with E-state index in [1.165, 1.54) is 30.3 Å². The first-order chi connectivity index (χ1) is 13.3. The molecule has 7 nitrogen and oxygen atoms in total. The zero-order valence-corrected chi connectivity index (χ0v) is 15.2. The molecule has 0 atom stereocenters. The fourth-order valence-electron chi connectivity index (χ4n) is 2.63. The van der Waals surface area contributed by atoms with Crippen molar-refractivity contribution in [3.8, 4) is 0 Å². The quantitative estimate of drug-likeness (QED) is 0.611. The number of rotatable bonds is 5. The lowest BCUT2D eigenvalue weighted by atomic mass is 10.2. The normalized spacial score (nSPS) is 13.6. The van der Waals surface area contributed by atoms with Crippen molar-refractivity contribution < 1.29 is 28.3 Å². The van der Waals surface area contributed by atoms with E-state index in [4.69, 9.17) is 16.3 Å². The Balaban J connectivity index is 1.62. The van der Waals surface area contributed by atoms with Crippen molar-refractivity contribution in [3.63, 3.8) is 0 Å². The second-order valence-corrected chi connectivity index (χ2v) is 6.33. The highest BCUT2D eigenvalue weighted by Crippen LogP contribution is 2.24. The molecular weight excluding hydrogens is 391 g/mol. The number of halogens is 2. The fraction of sp³-hybridized carbons (Fsp3) is 0.158. The highest BCUT2D eigenvalue weighted by Gasteiger charge is 2.30. The zero-order valence-electron chi connectivity index (χ0n) is 14.4. The van der Waals surface area contributed by atoms with E-state index in [1.807, 2.05) is 0 Å². The Morgan fingerprint density at radius 1 is 1.11 bits per heavy atom. The van der Waals surface area contributed by atoms with Crippen molar-refractivity contribution in [1.82, 2.24) is 0 Å². The van der Waals surface area contributed by atoms with Crippen LogP contribution >= 0.6 is 11.6 Å². The maximum absolute atomic E-state index is 13.0. The molecule has 28 heavy (non-hydrogen) atoms. The average molecular weight is 405 g/mol. The molecule has 1 fully saturated rings. The summed E-state index contributed by atoms with van der Waals surface area (Å²) in [5, 5.41) is 2.41. The van der Waals surface area contributed by atoms with Crippen LogP contribution in [0.2, 0.25) is 5.02 Å². The standard InChI is InChI=1S/C19H14ClFN2O5/c20-14-9-12(21)4-5-15(14)22-16(24)10-28-19(27)11-2-1-3-13(8-11)23-17(25)6-7-18(23)26/h1-5,8-9H,6-7,10H2,(H,22,24). The molecule has 1 N–H and O–H groups in total. The van der Waals surface area contributed by atoms with Gasteiger partial charge in [-0.15, -0.1) is 0 Å². The monoisotopic (exact) mass is 404 g/mol. The summed E-state index contributed by atoms with van der Waals surface area (Å²) >= 11 is 5.81. The first kappa shape index (κ1) is 19.5. The third-order valence-corrected chi connectivity index (χ3v) is 4.24. The molecule has 0 bridgehead atoms. The van der Waals surface area contributed by atoms with Gasteiger partial charge in [0.15, 0.2) is 6.61 Å². The molecule has 0 saturated carbocycles. The van der Waals surface area contributed by atoms with Crippen LogP contribution < -0.4 is 10.2 Å². The molecular formula is C19H14ClFN2O5.